The van der Waals surface area contributed by atoms with Crippen LogP contribution in [-0.4, -0.2) is 10.1 Å². The zero-order chi connectivity index (χ0) is 12.4. The average Bonchev–Trinajstić information content (AvgIpc) is 2.67. The lowest BCUT2D eigenvalue weighted by atomic mass is 10.1. The predicted octanol–water partition coefficient (Wildman–Crippen LogP) is 4.25. The summed E-state index contributed by atoms with van der Waals surface area (Å²) in [4.78, 5) is 4.36. The summed E-state index contributed by atoms with van der Waals surface area (Å²) >= 11 is 8.45. The molecule has 0 aliphatic rings. The van der Waals surface area contributed by atoms with Crippen molar-refractivity contribution in [2.24, 2.45) is 0 Å². The molecule has 5 heteroatoms. The molecule has 1 aromatic carbocycles. The third-order valence-electron chi connectivity index (χ3n) is 2.35. The Morgan fingerprint density at radius 3 is 2.82 bits per heavy atom. The van der Waals surface area contributed by atoms with Crippen LogP contribution < -0.4 is 0 Å². The van der Waals surface area contributed by atoms with Crippen molar-refractivity contribution in [2.45, 2.75) is 19.4 Å². The lowest BCUT2D eigenvalue weighted by Gasteiger charge is -2.11. The first-order valence-electron chi connectivity index (χ1n) is 5.10. The lowest BCUT2D eigenvalue weighted by molar-refractivity contribution is 0.177. The second-order valence-electron chi connectivity index (χ2n) is 3.77. The van der Waals surface area contributed by atoms with Gasteiger partial charge >= 0.3 is 0 Å². The molecule has 0 aliphatic carbocycles. The Labute approximate surface area is 121 Å². The summed E-state index contributed by atoms with van der Waals surface area (Å²) in [5, 5.41) is 13.2. The van der Waals surface area contributed by atoms with Crippen LogP contribution in [0.15, 0.2) is 32.5 Å². The Hall–Kier alpha value is -0.230. The van der Waals surface area contributed by atoms with Crippen LogP contribution in [0.25, 0.3) is 0 Å². The van der Waals surface area contributed by atoms with Crippen LogP contribution in [-0.2, 0) is 6.42 Å². The smallest absolute Gasteiger partial charge is 0.0957 e. The van der Waals surface area contributed by atoms with Gasteiger partial charge < -0.3 is 5.11 Å². The maximum Gasteiger partial charge on any atom is 0.0957 e. The summed E-state index contributed by atoms with van der Waals surface area (Å²) in [6.07, 6.45) is 0.0144. The summed E-state index contributed by atoms with van der Waals surface area (Å²) in [5.74, 6) is 0. The zero-order valence-corrected chi connectivity index (χ0v) is 13.1. The fraction of sp³-hybridized carbons (Fsp3) is 0.250. The highest BCUT2D eigenvalue weighted by atomic mass is 79.9. The van der Waals surface area contributed by atoms with Crippen molar-refractivity contribution in [3.8, 4) is 0 Å². The molecule has 2 rings (SSSR count). The SMILES string of the molecule is Cc1csc(CC(O)c2cc(Br)ccc2Br)n1. The number of thiazole rings is 1. The van der Waals surface area contributed by atoms with Gasteiger partial charge in [-0.3, -0.25) is 0 Å². The van der Waals surface area contributed by atoms with E-state index in [1.54, 1.807) is 11.3 Å². The molecule has 1 aromatic heterocycles. The molecule has 0 spiro atoms. The number of aliphatic hydroxyl groups excluding tert-OH is 1. The first-order valence-corrected chi connectivity index (χ1v) is 7.57. The predicted molar refractivity (Wildman–Crippen MR) is 77.4 cm³/mol. The number of aryl methyl sites for hydroxylation is 1. The van der Waals surface area contributed by atoms with Crippen molar-refractivity contribution >= 4 is 43.2 Å². The summed E-state index contributed by atoms with van der Waals surface area (Å²) < 4.78 is 1.88. The normalized spacial score (nSPS) is 12.7. The van der Waals surface area contributed by atoms with E-state index in [9.17, 15) is 5.11 Å². The Morgan fingerprint density at radius 2 is 2.18 bits per heavy atom. The lowest BCUT2D eigenvalue weighted by Crippen LogP contribution is -2.02. The second kappa shape index (κ2) is 5.61. The van der Waals surface area contributed by atoms with Crippen LogP contribution in [0, 0.1) is 6.92 Å². The molecule has 0 saturated heterocycles. The van der Waals surface area contributed by atoms with Gasteiger partial charge in [0.2, 0.25) is 0 Å². The van der Waals surface area contributed by atoms with Crippen LogP contribution in [0.4, 0.5) is 0 Å². The number of aromatic nitrogens is 1. The van der Waals surface area contributed by atoms with Gasteiger partial charge in [0.25, 0.3) is 0 Å². The number of halogens is 2. The fourth-order valence-electron chi connectivity index (χ4n) is 1.54. The van der Waals surface area contributed by atoms with E-state index in [2.05, 4.69) is 36.8 Å². The highest BCUT2D eigenvalue weighted by Gasteiger charge is 2.14. The average molecular weight is 377 g/mol. The maximum atomic E-state index is 10.2. The zero-order valence-electron chi connectivity index (χ0n) is 9.15. The standard InChI is InChI=1S/C12H11Br2NOS/c1-7-6-17-12(15-7)5-11(16)9-4-8(13)2-3-10(9)14/h2-4,6,11,16H,5H2,1H3. The number of rotatable bonds is 3. The molecule has 2 aromatic rings. The molecule has 90 valence electrons. The van der Waals surface area contributed by atoms with Gasteiger partial charge in [-0.15, -0.1) is 11.3 Å². The van der Waals surface area contributed by atoms with Crippen LogP contribution >= 0.6 is 43.2 Å². The molecule has 1 heterocycles. The van der Waals surface area contributed by atoms with Crippen molar-refractivity contribution in [1.82, 2.24) is 4.98 Å². The van der Waals surface area contributed by atoms with Crippen molar-refractivity contribution in [2.75, 3.05) is 0 Å². The minimum Gasteiger partial charge on any atom is -0.388 e. The van der Waals surface area contributed by atoms with Crippen LogP contribution in [0.5, 0.6) is 0 Å². The van der Waals surface area contributed by atoms with Gasteiger partial charge in [-0.2, -0.15) is 0 Å². The monoisotopic (exact) mass is 375 g/mol. The fourth-order valence-corrected chi connectivity index (χ4v) is 3.24. The number of benzene rings is 1. The van der Waals surface area contributed by atoms with Crippen molar-refractivity contribution in [1.29, 1.82) is 0 Å². The van der Waals surface area contributed by atoms with Gasteiger partial charge in [-0.25, -0.2) is 4.98 Å². The molecule has 0 fully saturated rings. The van der Waals surface area contributed by atoms with Gasteiger partial charge in [-0.05, 0) is 30.7 Å². The molecule has 2 nitrogen and oxygen atoms in total. The summed E-state index contributed by atoms with van der Waals surface area (Å²) in [5.41, 5.74) is 1.89. The molecular weight excluding hydrogens is 366 g/mol. The molecule has 1 unspecified atom stereocenters. The number of nitrogens with zero attached hydrogens (tertiary/aromatic N) is 1. The second-order valence-corrected chi connectivity index (χ2v) is 6.48. The third kappa shape index (κ3) is 3.37. The first kappa shape index (κ1) is 13.2. The Bertz CT molecular complexity index is 527. The Balaban J connectivity index is 2.19. The number of hydrogen-bond acceptors (Lipinski definition) is 3. The van der Waals surface area contributed by atoms with Crippen LogP contribution in [0.2, 0.25) is 0 Å². The van der Waals surface area contributed by atoms with Gasteiger partial charge in [0, 0.05) is 26.4 Å². The first-order chi connectivity index (χ1) is 8.06. The minimum atomic E-state index is -0.535. The molecule has 0 amide bonds. The molecule has 1 atom stereocenters. The minimum absolute atomic E-state index is 0.535. The van der Waals surface area contributed by atoms with E-state index < -0.39 is 6.10 Å². The summed E-state index contributed by atoms with van der Waals surface area (Å²) in [6, 6.07) is 5.79. The van der Waals surface area contributed by atoms with Crippen LogP contribution in [0.3, 0.4) is 0 Å². The van der Waals surface area contributed by atoms with E-state index in [0.29, 0.717) is 6.42 Å². The van der Waals surface area contributed by atoms with Gasteiger partial charge in [-0.1, -0.05) is 31.9 Å². The summed E-state index contributed by atoms with van der Waals surface area (Å²) in [7, 11) is 0. The maximum absolute atomic E-state index is 10.2. The Kier molecular flexibility index (Phi) is 4.36. The molecule has 0 radical (unpaired) electrons. The highest BCUT2D eigenvalue weighted by Crippen LogP contribution is 2.29. The third-order valence-corrected chi connectivity index (χ3v) is 4.56. The van der Waals surface area contributed by atoms with E-state index in [1.807, 2.05) is 30.5 Å². The van der Waals surface area contributed by atoms with Crippen molar-refractivity contribution in [3.63, 3.8) is 0 Å². The molecule has 0 saturated carbocycles. The van der Waals surface area contributed by atoms with Gasteiger partial charge in [0.1, 0.15) is 0 Å². The van der Waals surface area contributed by atoms with E-state index in [-0.39, 0.29) is 0 Å². The quantitative estimate of drug-likeness (QED) is 0.868. The van der Waals surface area contributed by atoms with E-state index >= 15 is 0 Å². The van der Waals surface area contributed by atoms with E-state index in [1.165, 1.54) is 0 Å². The Morgan fingerprint density at radius 1 is 1.41 bits per heavy atom. The topological polar surface area (TPSA) is 33.1 Å². The van der Waals surface area contributed by atoms with Crippen LogP contribution in [0.1, 0.15) is 22.4 Å². The van der Waals surface area contributed by atoms with E-state index in [4.69, 9.17) is 0 Å². The van der Waals surface area contributed by atoms with Crippen molar-refractivity contribution < 1.29 is 5.11 Å². The highest BCUT2D eigenvalue weighted by molar-refractivity contribution is 9.11. The summed E-state index contributed by atoms with van der Waals surface area (Å²) in [6.45, 7) is 1.96. The molecule has 0 bridgehead atoms. The largest absolute Gasteiger partial charge is 0.388 e. The number of hydrogen-bond donors (Lipinski definition) is 1. The molecule has 17 heavy (non-hydrogen) atoms. The number of aliphatic hydroxyl groups is 1. The van der Waals surface area contributed by atoms with Gasteiger partial charge in [0.15, 0.2) is 0 Å². The molecule has 1 N–H and O–H groups in total. The molecular formula is C12H11Br2NOS. The van der Waals surface area contributed by atoms with E-state index in [0.717, 1.165) is 25.2 Å². The van der Waals surface area contributed by atoms with Crippen molar-refractivity contribution in [3.05, 3.63) is 48.8 Å². The van der Waals surface area contributed by atoms with Gasteiger partial charge in [0.05, 0.1) is 11.1 Å². The molecule has 0 aliphatic heterocycles.